The number of halogens is 4. The third-order valence-electron chi connectivity index (χ3n) is 14.4. The van der Waals surface area contributed by atoms with E-state index in [9.17, 15) is 41.8 Å². The number of nitrogens with one attached hydrogen (secondary N) is 3. The molecule has 2 fully saturated rings. The molecule has 2 amide bonds. The van der Waals surface area contributed by atoms with Crippen LogP contribution in [0.25, 0.3) is 38.4 Å². The number of rotatable bonds is 25. The summed E-state index contributed by atoms with van der Waals surface area (Å²) in [7, 11) is 1.85. The number of likely N-dealkylation sites (N-methyl/N-ethyl adjacent to an activating group) is 1. The summed E-state index contributed by atoms with van der Waals surface area (Å²) >= 11 is 1.65. The van der Waals surface area contributed by atoms with Crippen molar-refractivity contribution in [2.45, 2.75) is 58.4 Å². The third kappa shape index (κ3) is 14.8. The molecule has 2 aromatic heterocycles. The van der Waals surface area contributed by atoms with Gasteiger partial charge in [-0.25, -0.2) is 18.2 Å². The van der Waals surface area contributed by atoms with Gasteiger partial charge in [-0.1, -0.05) is 25.6 Å². The third-order valence-corrected chi connectivity index (χ3v) is 15.6. The summed E-state index contributed by atoms with van der Waals surface area (Å²) in [5, 5.41) is 29.3. The first-order valence-corrected chi connectivity index (χ1v) is 27.9. The lowest BCUT2D eigenvalue weighted by Gasteiger charge is -2.40. The van der Waals surface area contributed by atoms with Crippen LogP contribution < -0.4 is 36.5 Å². The molecule has 3 aliphatic heterocycles. The van der Waals surface area contributed by atoms with Crippen LogP contribution in [0.15, 0.2) is 95.9 Å². The zero-order valence-corrected chi connectivity index (χ0v) is 47.7. The van der Waals surface area contributed by atoms with Gasteiger partial charge in [0.2, 0.25) is 24.4 Å². The number of carboxylic acid groups (broad SMARTS) is 1. The minimum atomic E-state index is -2.81. The number of aldehydes is 1. The quantitative estimate of drug-likeness (QED) is 0.00914. The number of carbonyl (C=O) groups excluding carboxylic acids is 3. The van der Waals surface area contributed by atoms with E-state index < -0.39 is 49.9 Å². The average molecular weight is 1170 g/mol. The van der Waals surface area contributed by atoms with E-state index in [0.717, 1.165) is 52.6 Å². The van der Waals surface area contributed by atoms with Crippen molar-refractivity contribution in [1.82, 2.24) is 30.0 Å². The molecule has 0 saturated carbocycles. The molecule has 2 saturated heterocycles. The summed E-state index contributed by atoms with van der Waals surface area (Å²) in [5.74, 6) is -5.88. The summed E-state index contributed by atoms with van der Waals surface area (Å²) < 4.78 is 81.0. The zero-order valence-electron chi connectivity index (χ0n) is 46.9. The number of aryl methyl sites for hydroxylation is 2. The number of benzene rings is 4. The molecule has 0 bridgehead atoms. The number of aromatic nitrogens is 3. The fraction of sp³-hybridized carbons (Fsp3) is 0.383. The Morgan fingerprint density at radius 3 is 2.19 bits per heavy atom. The maximum atomic E-state index is 13.7. The SMILES string of the molecule is C=CC(=O)Nc1ccc(C(N)c2c(-n3c(C)nnc3CC(C=O)CC)sc(C)c2C)cc1.CNCCOCCOCCOCCNC(=O)c1ccc(C(=O)O)c(-c2c3ccc(=[N+]4CC(F)(F)C4)cc-3oc3cc(N4CC(F)(F)C4)ccc23)c1. The lowest BCUT2D eigenvalue weighted by molar-refractivity contribution is -0.112. The number of thiophene rings is 1. The summed E-state index contributed by atoms with van der Waals surface area (Å²) in [6.07, 6.45) is 3.50. The Balaban J connectivity index is 0.000000242. The normalized spacial score (nSPS) is 15.0. The van der Waals surface area contributed by atoms with E-state index in [4.69, 9.17) is 24.4 Å². The molecular formula is C60H68F4N9O9S+. The smallest absolute Gasteiger partial charge is 0.361 e. The molecule has 0 radical (unpaired) electrons. The lowest BCUT2D eigenvalue weighted by Crippen LogP contribution is -2.57. The van der Waals surface area contributed by atoms with Crippen LogP contribution in [0.5, 0.6) is 0 Å². The first kappa shape index (κ1) is 61.4. The van der Waals surface area contributed by atoms with Gasteiger partial charge >= 0.3 is 11.9 Å². The van der Waals surface area contributed by atoms with E-state index in [1.54, 1.807) is 47.7 Å². The molecule has 6 N–H and O–H groups in total. The molecule has 9 rings (SSSR count). The molecule has 4 aliphatic rings. The molecule has 440 valence electrons. The molecule has 5 heterocycles. The highest BCUT2D eigenvalue weighted by Gasteiger charge is 2.50. The minimum absolute atomic E-state index is 0.0889. The number of nitrogens with zero attached hydrogens (tertiary/aromatic N) is 5. The van der Waals surface area contributed by atoms with E-state index in [2.05, 4.69) is 46.6 Å². The summed E-state index contributed by atoms with van der Waals surface area (Å²) in [4.78, 5) is 51.4. The molecule has 83 heavy (non-hydrogen) atoms. The average Bonchev–Trinajstić information content (AvgIpc) is 3.22. The van der Waals surface area contributed by atoms with Crippen LogP contribution >= 0.6 is 11.3 Å². The number of alkyl halides is 4. The van der Waals surface area contributed by atoms with Gasteiger partial charge < -0.3 is 55.1 Å². The predicted octanol–water partition coefficient (Wildman–Crippen LogP) is 7.97. The Hall–Kier alpha value is -7.67. The van der Waals surface area contributed by atoms with Crippen LogP contribution in [0, 0.1) is 26.7 Å². The van der Waals surface area contributed by atoms with Crippen molar-refractivity contribution in [3.63, 3.8) is 0 Å². The Bertz CT molecular complexity index is 3510. The van der Waals surface area contributed by atoms with Crippen molar-refractivity contribution in [3.05, 3.63) is 141 Å². The van der Waals surface area contributed by atoms with Gasteiger partial charge in [-0.3, -0.25) is 14.2 Å². The zero-order chi connectivity index (χ0) is 59.6. The summed E-state index contributed by atoms with van der Waals surface area (Å²) in [6.45, 7) is 13.1. The van der Waals surface area contributed by atoms with Gasteiger partial charge in [0.05, 0.1) is 70.4 Å². The maximum Gasteiger partial charge on any atom is 0.361 e. The van der Waals surface area contributed by atoms with Gasteiger partial charge in [0.25, 0.3) is 11.8 Å². The van der Waals surface area contributed by atoms with Crippen molar-refractivity contribution < 1.29 is 60.5 Å². The topological polar surface area (TPSA) is 228 Å². The molecule has 0 spiro atoms. The fourth-order valence-electron chi connectivity index (χ4n) is 9.69. The molecule has 23 heteroatoms. The first-order chi connectivity index (χ1) is 39.7. The number of ether oxygens (including phenoxy) is 3. The van der Waals surface area contributed by atoms with Crippen molar-refractivity contribution in [2.24, 2.45) is 11.7 Å². The number of amides is 2. The van der Waals surface area contributed by atoms with Crippen LogP contribution in [0.2, 0.25) is 0 Å². The van der Waals surface area contributed by atoms with Gasteiger partial charge in [0.1, 0.15) is 34.3 Å². The molecule has 3 aromatic carbocycles. The fourth-order valence-corrected chi connectivity index (χ4v) is 11.0. The van der Waals surface area contributed by atoms with Crippen molar-refractivity contribution in [1.29, 1.82) is 0 Å². The van der Waals surface area contributed by atoms with Crippen molar-refractivity contribution in [2.75, 3.05) is 96.2 Å². The minimum Gasteiger partial charge on any atom is -0.478 e. The molecule has 1 aliphatic carbocycles. The lowest BCUT2D eigenvalue weighted by atomic mass is 9.89. The maximum absolute atomic E-state index is 13.7. The van der Waals surface area contributed by atoms with Gasteiger partial charge in [-0.15, -0.1) is 21.5 Å². The number of nitrogens with two attached hydrogens (primary N) is 1. The second kappa shape index (κ2) is 27.2. The Morgan fingerprint density at radius 1 is 0.880 bits per heavy atom. The Morgan fingerprint density at radius 2 is 1.57 bits per heavy atom. The highest BCUT2D eigenvalue weighted by molar-refractivity contribution is 7.14. The standard InChI is InChI=1S/C36H38F4N4O7.C24H29N5O2S/c1-41-8-10-48-12-14-50-15-13-49-11-9-42-33(45)23-2-5-26(34(46)47)29(16-23)32-27-6-3-24(43-19-35(37,38)20-43)17-30(27)51-31-18-25(4-7-28(31)32)44-21-36(39,40)22-44;1-6-17(13-30)12-20-28-27-16(5)29(20)24-22(14(3)15(4)32-24)23(25)18-8-10-19(11-9-18)26-21(31)7-2/h2-7,16-18,41H,8-15,19-22H2,1H3,(H-,42,45,46,47);7-11,13,17,23H,2,6,12,25H2,1,3-5H3,(H,26,31)/p+1. The number of aromatic carboxylic acids is 1. The second-order valence-corrected chi connectivity index (χ2v) is 21.5. The molecular weight excluding hydrogens is 1100 g/mol. The van der Waals surface area contributed by atoms with E-state index in [1.807, 2.05) is 49.7 Å². The van der Waals surface area contributed by atoms with Crippen molar-refractivity contribution >= 4 is 57.8 Å². The monoisotopic (exact) mass is 1170 g/mol. The number of hydrogen-bond donors (Lipinski definition) is 5. The number of fused-ring (bicyclic) bond motifs is 2. The van der Waals surface area contributed by atoms with Crippen LogP contribution in [0.4, 0.5) is 28.9 Å². The number of carboxylic acids is 1. The molecule has 2 atom stereocenters. The van der Waals surface area contributed by atoms with Crippen LogP contribution in [-0.2, 0) is 30.2 Å². The predicted molar refractivity (Wildman–Crippen MR) is 309 cm³/mol. The van der Waals surface area contributed by atoms with Crippen LogP contribution in [0.3, 0.4) is 0 Å². The van der Waals surface area contributed by atoms with Gasteiger partial charge in [0.15, 0.2) is 0 Å². The first-order valence-electron chi connectivity index (χ1n) is 27.1. The number of anilines is 2. The van der Waals surface area contributed by atoms with Gasteiger partial charge in [-0.05, 0) is 106 Å². The number of hydrogen-bond acceptors (Lipinski definition) is 14. The van der Waals surface area contributed by atoms with E-state index in [0.29, 0.717) is 72.7 Å². The second-order valence-electron chi connectivity index (χ2n) is 20.3. The van der Waals surface area contributed by atoms with E-state index in [-0.39, 0.29) is 59.1 Å². The summed E-state index contributed by atoms with van der Waals surface area (Å²) in [5.41, 5.74) is 12.5. The molecule has 5 aromatic rings. The van der Waals surface area contributed by atoms with Gasteiger partial charge in [-0.2, -0.15) is 8.78 Å². The molecule has 2 unspecified atom stereocenters. The number of carbonyl (C=O) groups is 4. The van der Waals surface area contributed by atoms with E-state index in [1.165, 1.54) is 38.6 Å². The highest BCUT2D eigenvalue weighted by Crippen LogP contribution is 2.44. The van der Waals surface area contributed by atoms with Crippen LogP contribution in [-0.4, -0.2) is 142 Å². The van der Waals surface area contributed by atoms with E-state index >= 15 is 0 Å². The largest absolute Gasteiger partial charge is 0.478 e. The molecule has 18 nitrogen and oxygen atoms in total. The van der Waals surface area contributed by atoms with Crippen LogP contribution in [0.1, 0.15) is 73.3 Å². The Labute approximate surface area is 481 Å². The van der Waals surface area contributed by atoms with Gasteiger partial charge in [0, 0.05) is 81.5 Å². The van der Waals surface area contributed by atoms with Crippen molar-refractivity contribution in [3.8, 4) is 27.5 Å². The highest BCUT2D eigenvalue weighted by atomic mass is 32.1. The summed E-state index contributed by atoms with van der Waals surface area (Å²) in [6, 6.07) is 21.2. The Kier molecular flexibility index (Phi) is 20.1.